The number of anilines is 1. The van der Waals surface area contributed by atoms with Crippen molar-refractivity contribution in [2.24, 2.45) is 5.92 Å². The van der Waals surface area contributed by atoms with E-state index in [9.17, 15) is 9.59 Å². The quantitative estimate of drug-likeness (QED) is 0.609. The van der Waals surface area contributed by atoms with Crippen LogP contribution in [-0.2, 0) is 9.59 Å². The number of hydrogen-bond acceptors (Lipinski definition) is 3. The lowest BCUT2D eigenvalue weighted by Gasteiger charge is -2.33. The van der Waals surface area contributed by atoms with E-state index in [1.54, 1.807) is 12.1 Å². The van der Waals surface area contributed by atoms with Crippen molar-refractivity contribution in [3.8, 4) is 0 Å². The van der Waals surface area contributed by atoms with Crippen molar-refractivity contribution in [2.45, 2.75) is 33.6 Å². The maximum atomic E-state index is 13.5. The molecule has 4 nitrogen and oxygen atoms in total. The van der Waals surface area contributed by atoms with Gasteiger partial charge in [0.2, 0.25) is 0 Å². The van der Waals surface area contributed by atoms with Crippen LogP contribution in [0, 0.1) is 19.8 Å². The van der Waals surface area contributed by atoms with Crippen LogP contribution < -0.4 is 4.90 Å². The Labute approximate surface area is 180 Å². The third-order valence-corrected chi connectivity index (χ3v) is 6.44. The highest BCUT2D eigenvalue weighted by Gasteiger charge is 2.43. The van der Waals surface area contributed by atoms with Gasteiger partial charge < -0.3 is 4.90 Å². The molecule has 1 fully saturated rings. The van der Waals surface area contributed by atoms with E-state index in [0.29, 0.717) is 22.9 Å². The summed E-state index contributed by atoms with van der Waals surface area (Å²) < 4.78 is 0.910. The maximum Gasteiger partial charge on any atom is 0.282 e. The van der Waals surface area contributed by atoms with Crippen molar-refractivity contribution in [1.29, 1.82) is 0 Å². The highest BCUT2D eigenvalue weighted by atomic mass is 79.9. The molecule has 0 N–H and O–H groups in total. The molecule has 4 rings (SSSR count). The smallest absolute Gasteiger partial charge is 0.282 e. The van der Waals surface area contributed by atoms with E-state index in [4.69, 9.17) is 0 Å². The van der Waals surface area contributed by atoms with Gasteiger partial charge >= 0.3 is 0 Å². The fourth-order valence-corrected chi connectivity index (χ4v) is 4.45. The molecule has 2 aliphatic heterocycles. The fraction of sp³-hybridized carbons (Fsp3) is 0.333. The van der Waals surface area contributed by atoms with Gasteiger partial charge in [0.25, 0.3) is 11.8 Å². The van der Waals surface area contributed by atoms with E-state index in [0.717, 1.165) is 41.5 Å². The van der Waals surface area contributed by atoms with Crippen LogP contribution in [0.15, 0.2) is 52.6 Å². The van der Waals surface area contributed by atoms with Gasteiger partial charge in [-0.05, 0) is 73.6 Å². The first kappa shape index (κ1) is 19.9. The van der Waals surface area contributed by atoms with Gasteiger partial charge in [-0.2, -0.15) is 0 Å². The average molecular weight is 453 g/mol. The number of imide groups is 1. The lowest BCUT2D eigenvalue weighted by atomic mass is 9.96. The number of carbonyl (C=O) groups excluding carboxylic acids is 2. The van der Waals surface area contributed by atoms with Crippen molar-refractivity contribution < 1.29 is 9.59 Å². The third kappa shape index (κ3) is 3.64. The summed E-state index contributed by atoms with van der Waals surface area (Å²) >= 11 is 3.42. The van der Waals surface area contributed by atoms with Crippen molar-refractivity contribution >= 4 is 39.0 Å². The van der Waals surface area contributed by atoms with Crippen LogP contribution in [0.4, 0.5) is 5.69 Å². The molecule has 5 heteroatoms. The topological polar surface area (TPSA) is 40.6 Å². The number of hydrogen-bond donors (Lipinski definition) is 0. The maximum absolute atomic E-state index is 13.5. The van der Waals surface area contributed by atoms with E-state index < -0.39 is 0 Å². The molecule has 29 heavy (non-hydrogen) atoms. The normalized spacial score (nSPS) is 20.1. The molecule has 2 aliphatic rings. The predicted molar refractivity (Wildman–Crippen MR) is 119 cm³/mol. The van der Waals surface area contributed by atoms with Crippen LogP contribution >= 0.6 is 15.9 Å². The Morgan fingerprint density at radius 2 is 1.69 bits per heavy atom. The number of rotatable bonds is 3. The largest absolute Gasteiger partial charge is 0.366 e. The van der Waals surface area contributed by atoms with Crippen LogP contribution in [-0.4, -0.2) is 29.8 Å². The Kier molecular flexibility index (Phi) is 5.34. The minimum Gasteiger partial charge on any atom is -0.366 e. The zero-order valence-electron chi connectivity index (χ0n) is 17.0. The Morgan fingerprint density at radius 3 is 2.34 bits per heavy atom. The number of likely N-dealkylation sites (tertiary alicyclic amines) is 1. The van der Waals surface area contributed by atoms with Crippen molar-refractivity contribution in [3.05, 3.63) is 69.3 Å². The van der Waals surface area contributed by atoms with Crippen molar-refractivity contribution in [3.63, 3.8) is 0 Å². The monoisotopic (exact) mass is 452 g/mol. The van der Waals surface area contributed by atoms with Gasteiger partial charge in [0.05, 0.1) is 11.3 Å². The summed E-state index contributed by atoms with van der Waals surface area (Å²) in [5, 5.41) is 0. The molecule has 0 radical (unpaired) electrons. The van der Waals surface area contributed by atoms with E-state index in [1.807, 2.05) is 37.3 Å². The lowest BCUT2D eigenvalue weighted by molar-refractivity contribution is -0.120. The molecule has 2 aromatic rings. The van der Waals surface area contributed by atoms with Crippen LogP contribution in [0.2, 0.25) is 0 Å². The molecular formula is C24H25BrN2O2. The zero-order chi connectivity index (χ0) is 20.7. The Balaban J connectivity index is 1.84. The van der Waals surface area contributed by atoms with Gasteiger partial charge in [0, 0.05) is 17.6 Å². The summed E-state index contributed by atoms with van der Waals surface area (Å²) in [4.78, 5) is 30.5. The van der Waals surface area contributed by atoms with Gasteiger partial charge in [-0.15, -0.1) is 0 Å². The van der Waals surface area contributed by atoms with Gasteiger partial charge in [-0.25, -0.2) is 4.90 Å². The van der Waals surface area contributed by atoms with Crippen molar-refractivity contribution in [1.82, 2.24) is 4.90 Å². The Bertz CT molecular complexity index is 1010. The molecule has 1 atom stereocenters. The second-order valence-electron chi connectivity index (χ2n) is 8.14. The minimum absolute atomic E-state index is 0.223. The summed E-state index contributed by atoms with van der Waals surface area (Å²) in [6.07, 6.45) is 2.19. The summed E-state index contributed by atoms with van der Waals surface area (Å²) in [7, 11) is 0. The first-order valence-corrected chi connectivity index (χ1v) is 10.9. The van der Waals surface area contributed by atoms with Gasteiger partial charge in [-0.1, -0.05) is 41.1 Å². The second-order valence-corrected chi connectivity index (χ2v) is 9.05. The summed E-state index contributed by atoms with van der Waals surface area (Å²) in [6.45, 7) is 7.90. The standard InChI is InChI=1S/C24H25BrN2O2/c1-15-5-4-12-26(14-15)22-21(18-7-6-16(2)17(3)13-18)23(28)27(24(22)29)20-10-8-19(25)9-11-20/h6-11,13,15H,4-5,12,14H2,1-3H3. The third-order valence-electron chi connectivity index (χ3n) is 5.91. The van der Waals surface area contributed by atoms with E-state index in [2.05, 4.69) is 34.7 Å². The SMILES string of the molecule is Cc1ccc(C2=C(N3CCCC(C)C3)C(=O)N(c3ccc(Br)cc3)C2=O)cc1C. The zero-order valence-corrected chi connectivity index (χ0v) is 18.6. The van der Waals surface area contributed by atoms with E-state index in [-0.39, 0.29) is 11.8 Å². The molecular weight excluding hydrogens is 428 g/mol. The molecule has 2 amide bonds. The molecule has 0 saturated carbocycles. The summed E-state index contributed by atoms with van der Waals surface area (Å²) in [5.74, 6) is 0.0374. The molecule has 0 bridgehead atoms. The van der Waals surface area contributed by atoms with Crippen LogP contribution in [0.3, 0.4) is 0 Å². The van der Waals surface area contributed by atoms with Gasteiger partial charge in [-0.3, -0.25) is 9.59 Å². The highest BCUT2D eigenvalue weighted by molar-refractivity contribution is 9.10. The molecule has 0 spiro atoms. The average Bonchev–Trinajstić information content (AvgIpc) is 2.95. The minimum atomic E-state index is -0.242. The number of carbonyl (C=O) groups is 2. The predicted octanol–water partition coefficient (Wildman–Crippen LogP) is 5.08. The van der Waals surface area contributed by atoms with Gasteiger partial charge in [0.1, 0.15) is 5.70 Å². The molecule has 0 aromatic heterocycles. The number of nitrogens with zero attached hydrogens (tertiary/aromatic N) is 2. The van der Waals surface area contributed by atoms with Crippen LogP contribution in [0.1, 0.15) is 36.5 Å². The summed E-state index contributed by atoms with van der Waals surface area (Å²) in [5.41, 5.74) is 4.78. The number of piperidine rings is 1. The van der Waals surface area contributed by atoms with Gasteiger partial charge in [0.15, 0.2) is 0 Å². The molecule has 150 valence electrons. The second kappa shape index (κ2) is 7.79. The molecule has 1 unspecified atom stereocenters. The lowest BCUT2D eigenvalue weighted by Crippen LogP contribution is -2.39. The highest BCUT2D eigenvalue weighted by Crippen LogP contribution is 2.37. The molecule has 2 heterocycles. The fourth-order valence-electron chi connectivity index (χ4n) is 4.19. The summed E-state index contributed by atoms with van der Waals surface area (Å²) in [6, 6.07) is 13.3. The van der Waals surface area contributed by atoms with Crippen LogP contribution in [0.5, 0.6) is 0 Å². The molecule has 0 aliphatic carbocycles. The Morgan fingerprint density at radius 1 is 0.966 bits per heavy atom. The first-order chi connectivity index (χ1) is 13.9. The Hall–Kier alpha value is -2.40. The number of aryl methyl sites for hydroxylation is 2. The van der Waals surface area contributed by atoms with Crippen LogP contribution in [0.25, 0.3) is 5.57 Å². The number of benzene rings is 2. The van der Waals surface area contributed by atoms with E-state index >= 15 is 0 Å². The number of halogens is 1. The van der Waals surface area contributed by atoms with Crippen molar-refractivity contribution in [2.75, 3.05) is 18.0 Å². The van der Waals surface area contributed by atoms with E-state index in [1.165, 1.54) is 10.5 Å². The first-order valence-electron chi connectivity index (χ1n) is 10.1. The molecule has 1 saturated heterocycles. The molecule has 2 aromatic carbocycles. The number of amides is 2.